The van der Waals surface area contributed by atoms with Crippen LogP contribution in [0.25, 0.3) is 0 Å². The highest BCUT2D eigenvalue weighted by Gasteiger charge is 2.31. The number of likely N-dealkylation sites (N-methyl/N-ethyl adjacent to an activating group) is 1. The van der Waals surface area contributed by atoms with E-state index < -0.39 is 0 Å². The number of ether oxygens (including phenoxy) is 2. The normalized spacial score (nSPS) is 24.4. The molecule has 106 valence electrons. The second-order valence-electron chi connectivity index (χ2n) is 5.32. The Kier molecular flexibility index (Phi) is 5.23. The van der Waals surface area contributed by atoms with Crippen molar-refractivity contribution in [3.63, 3.8) is 0 Å². The predicted molar refractivity (Wildman–Crippen MR) is 77.7 cm³/mol. The van der Waals surface area contributed by atoms with Gasteiger partial charge < -0.3 is 14.8 Å². The lowest BCUT2D eigenvalue weighted by atomic mass is 9.93. The van der Waals surface area contributed by atoms with Gasteiger partial charge in [-0.05, 0) is 43.0 Å². The van der Waals surface area contributed by atoms with Crippen molar-refractivity contribution < 1.29 is 9.47 Å². The number of hydrogen-bond donors (Lipinski definition) is 1. The number of nitrogens with one attached hydrogen (secondary N) is 1. The molecule has 1 aromatic carbocycles. The average molecular weight is 263 g/mol. The van der Waals surface area contributed by atoms with Crippen LogP contribution in [0.3, 0.4) is 0 Å². The predicted octanol–water partition coefficient (Wildman–Crippen LogP) is 2.64. The summed E-state index contributed by atoms with van der Waals surface area (Å²) in [6.07, 6.45) is 2.48. The van der Waals surface area contributed by atoms with Gasteiger partial charge in [-0.3, -0.25) is 0 Å². The van der Waals surface area contributed by atoms with Crippen LogP contribution in [0.2, 0.25) is 0 Å². The van der Waals surface area contributed by atoms with E-state index in [1.54, 1.807) is 7.11 Å². The third kappa shape index (κ3) is 3.71. The molecule has 3 atom stereocenters. The number of hydrogen-bond acceptors (Lipinski definition) is 3. The molecule has 0 aliphatic carbocycles. The van der Waals surface area contributed by atoms with Crippen molar-refractivity contribution in [1.29, 1.82) is 0 Å². The molecule has 1 aliphatic rings. The maximum absolute atomic E-state index is 5.91. The van der Waals surface area contributed by atoms with Gasteiger partial charge in [0.15, 0.2) is 0 Å². The summed E-state index contributed by atoms with van der Waals surface area (Å²) in [5.74, 6) is 1.56. The molecule has 0 saturated carbocycles. The van der Waals surface area contributed by atoms with E-state index in [-0.39, 0.29) is 0 Å². The molecule has 1 N–H and O–H groups in total. The van der Waals surface area contributed by atoms with E-state index in [0.717, 1.165) is 25.3 Å². The van der Waals surface area contributed by atoms with Crippen LogP contribution in [0.15, 0.2) is 24.3 Å². The molecule has 19 heavy (non-hydrogen) atoms. The minimum absolute atomic E-state index is 0.325. The molecule has 1 fully saturated rings. The fourth-order valence-electron chi connectivity index (χ4n) is 2.85. The van der Waals surface area contributed by atoms with Gasteiger partial charge in [0.2, 0.25) is 0 Å². The zero-order valence-corrected chi connectivity index (χ0v) is 12.2. The zero-order valence-electron chi connectivity index (χ0n) is 12.2. The van der Waals surface area contributed by atoms with Crippen LogP contribution in [0.5, 0.6) is 5.75 Å². The first-order valence-corrected chi connectivity index (χ1v) is 7.22. The van der Waals surface area contributed by atoms with Crippen molar-refractivity contribution in [3.05, 3.63) is 29.8 Å². The van der Waals surface area contributed by atoms with Crippen molar-refractivity contribution in [2.75, 3.05) is 20.3 Å². The molecular weight excluding hydrogens is 238 g/mol. The van der Waals surface area contributed by atoms with Crippen LogP contribution in [-0.4, -0.2) is 32.4 Å². The summed E-state index contributed by atoms with van der Waals surface area (Å²) in [7, 11) is 1.71. The van der Waals surface area contributed by atoms with Crippen molar-refractivity contribution >= 4 is 0 Å². The summed E-state index contributed by atoms with van der Waals surface area (Å²) in [4.78, 5) is 0. The molecule has 3 nitrogen and oxygen atoms in total. The van der Waals surface area contributed by atoms with E-state index in [0.29, 0.717) is 18.1 Å². The Hall–Kier alpha value is -1.06. The molecule has 1 aliphatic heterocycles. The minimum Gasteiger partial charge on any atom is -0.497 e. The summed E-state index contributed by atoms with van der Waals surface area (Å²) in [6.45, 7) is 6.30. The summed E-state index contributed by atoms with van der Waals surface area (Å²) in [6, 6.07) is 8.70. The number of methoxy groups -OCH3 is 1. The Morgan fingerprint density at radius 1 is 1.47 bits per heavy atom. The van der Waals surface area contributed by atoms with Crippen molar-refractivity contribution in [1.82, 2.24) is 5.32 Å². The lowest BCUT2D eigenvalue weighted by Gasteiger charge is -2.27. The summed E-state index contributed by atoms with van der Waals surface area (Å²) in [5.41, 5.74) is 1.30. The molecule has 3 unspecified atom stereocenters. The summed E-state index contributed by atoms with van der Waals surface area (Å²) in [5, 5.41) is 3.58. The molecular formula is C16H25NO2. The number of rotatable bonds is 6. The molecule has 0 aromatic heterocycles. The third-order valence-corrected chi connectivity index (χ3v) is 3.90. The Labute approximate surface area is 116 Å². The monoisotopic (exact) mass is 263 g/mol. The van der Waals surface area contributed by atoms with Gasteiger partial charge in [-0.15, -0.1) is 0 Å². The van der Waals surface area contributed by atoms with Crippen molar-refractivity contribution in [2.24, 2.45) is 5.92 Å². The van der Waals surface area contributed by atoms with E-state index in [1.165, 1.54) is 12.0 Å². The molecule has 1 aromatic rings. The van der Waals surface area contributed by atoms with Gasteiger partial charge >= 0.3 is 0 Å². The highest BCUT2D eigenvalue weighted by Crippen LogP contribution is 2.25. The first kappa shape index (κ1) is 14.4. The largest absolute Gasteiger partial charge is 0.497 e. The van der Waals surface area contributed by atoms with Gasteiger partial charge in [0.1, 0.15) is 5.75 Å². The molecule has 1 heterocycles. The lowest BCUT2D eigenvalue weighted by Crippen LogP contribution is -2.43. The molecule has 0 radical (unpaired) electrons. The molecule has 0 amide bonds. The van der Waals surface area contributed by atoms with Crippen molar-refractivity contribution in [2.45, 2.75) is 38.8 Å². The second-order valence-corrected chi connectivity index (χ2v) is 5.32. The molecule has 0 bridgehead atoms. The van der Waals surface area contributed by atoms with Crippen LogP contribution in [-0.2, 0) is 11.2 Å². The first-order valence-electron chi connectivity index (χ1n) is 7.22. The van der Waals surface area contributed by atoms with E-state index >= 15 is 0 Å². The molecule has 2 rings (SSSR count). The Morgan fingerprint density at radius 2 is 2.32 bits per heavy atom. The van der Waals surface area contributed by atoms with Gasteiger partial charge in [-0.25, -0.2) is 0 Å². The van der Waals surface area contributed by atoms with Crippen LogP contribution in [0.4, 0.5) is 0 Å². The van der Waals surface area contributed by atoms with E-state index in [2.05, 4.69) is 37.4 Å². The third-order valence-electron chi connectivity index (χ3n) is 3.90. The standard InChI is InChI=1S/C16H25NO2/c1-4-17-15(16-12(2)8-9-19-16)11-13-6-5-7-14(10-13)18-3/h5-7,10,12,15-17H,4,8-9,11H2,1-3H3. The van der Waals surface area contributed by atoms with Gasteiger partial charge in [0, 0.05) is 12.6 Å². The zero-order chi connectivity index (χ0) is 13.7. The molecule has 1 saturated heterocycles. The number of benzene rings is 1. The second kappa shape index (κ2) is 6.92. The van der Waals surface area contributed by atoms with E-state index in [1.807, 2.05) is 6.07 Å². The highest BCUT2D eigenvalue weighted by atomic mass is 16.5. The van der Waals surface area contributed by atoms with Crippen molar-refractivity contribution in [3.8, 4) is 5.75 Å². The van der Waals surface area contributed by atoms with Gasteiger partial charge in [0.05, 0.1) is 13.2 Å². The Balaban J connectivity index is 2.06. The Bertz CT molecular complexity index is 394. The van der Waals surface area contributed by atoms with Gasteiger partial charge in [-0.2, -0.15) is 0 Å². The van der Waals surface area contributed by atoms with Crippen LogP contribution in [0, 0.1) is 5.92 Å². The molecule has 3 heteroatoms. The quantitative estimate of drug-likeness (QED) is 0.856. The average Bonchev–Trinajstić information content (AvgIpc) is 2.85. The summed E-state index contributed by atoms with van der Waals surface area (Å²) >= 11 is 0. The van der Waals surface area contributed by atoms with Crippen LogP contribution >= 0.6 is 0 Å². The van der Waals surface area contributed by atoms with Crippen LogP contribution in [0.1, 0.15) is 25.8 Å². The van der Waals surface area contributed by atoms with Gasteiger partial charge in [-0.1, -0.05) is 26.0 Å². The fourth-order valence-corrected chi connectivity index (χ4v) is 2.85. The van der Waals surface area contributed by atoms with Crippen LogP contribution < -0.4 is 10.1 Å². The SMILES string of the molecule is CCNC(Cc1cccc(OC)c1)C1OCCC1C. The minimum atomic E-state index is 0.325. The lowest BCUT2D eigenvalue weighted by molar-refractivity contribution is 0.0615. The summed E-state index contributed by atoms with van der Waals surface area (Å²) < 4.78 is 11.2. The van der Waals surface area contributed by atoms with E-state index in [9.17, 15) is 0 Å². The smallest absolute Gasteiger partial charge is 0.119 e. The highest BCUT2D eigenvalue weighted by molar-refractivity contribution is 5.29. The maximum atomic E-state index is 5.91. The Morgan fingerprint density at radius 3 is 2.95 bits per heavy atom. The van der Waals surface area contributed by atoms with E-state index in [4.69, 9.17) is 9.47 Å². The van der Waals surface area contributed by atoms with Gasteiger partial charge in [0.25, 0.3) is 0 Å². The maximum Gasteiger partial charge on any atom is 0.119 e. The fraction of sp³-hybridized carbons (Fsp3) is 0.625. The first-order chi connectivity index (χ1) is 9.24. The molecule has 0 spiro atoms. The topological polar surface area (TPSA) is 30.5 Å².